The molecule has 2 aromatic rings. The van der Waals surface area contributed by atoms with Gasteiger partial charge in [0.25, 0.3) is 6.71 Å². The van der Waals surface area contributed by atoms with Gasteiger partial charge in [-0.2, -0.15) is 0 Å². The Morgan fingerprint density at radius 1 is 1.14 bits per heavy atom. The van der Waals surface area contributed by atoms with Gasteiger partial charge in [0.1, 0.15) is 0 Å². The average molecular weight is 289 g/mol. The lowest BCUT2D eigenvalue weighted by molar-refractivity contribution is 0.367. The number of benzene rings is 1. The first-order valence-electron chi connectivity index (χ1n) is 8.05. The summed E-state index contributed by atoms with van der Waals surface area (Å²) < 4.78 is 0. The van der Waals surface area contributed by atoms with E-state index in [4.69, 9.17) is 5.26 Å². The first-order valence-corrected chi connectivity index (χ1v) is 8.05. The van der Waals surface area contributed by atoms with Crippen molar-refractivity contribution in [1.82, 2.24) is 9.97 Å². The predicted molar refractivity (Wildman–Crippen MR) is 89.7 cm³/mol. The van der Waals surface area contributed by atoms with Crippen LogP contribution in [0.3, 0.4) is 0 Å². The van der Waals surface area contributed by atoms with E-state index in [0.717, 1.165) is 43.3 Å². The fraction of sp³-hybridized carbons (Fsp3) is 0.389. The molecule has 0 radical (unpaired) electrons. The second kappa shape index (κ2) is 6.31. The highest BCUT2D eigenvalue weighted by molar-refractivity contribution is 6.67. The molecule has 0 amide bonds. The monoisotopic (exact) mass is 289 g/mol. The molecule has 3 nitrogen and oxygen atoms in total. The molecular weight excluding hydrogens is 269 g/mol. The van der Waals surface area contributed by atoms with Gasteiger partial charge in [-0.25, -0.2) is 15.2 Å². The van der Waals surface area contributed by atoms with Crippen LogP contribution in [0.4, 0.5) is 0 Å². The first kappa shape index (κ1) is 14.8. The zero-order valence-corrected chi connectivity index (χ0v) is 13.0. The second-order valence-electron chi connectivity index (χ2n) is 6.19. The van der Waals surface area contributed by atoms with Crippen molar-refractivity contribution in [2.24, 2.45) is 0 Å². The minimum Gasteiger partial charge on any atom is -0.237 e. The van der Waals surface area contributed by atoms with Gasteiger partial charge in [0.15, 0.2) is 5.82 Å². The van der Waals surface area contributed by atoms with Crippen molar-refractivity contribution < 1.29 is 0 Å². The molecule has 1 saturated heterocycles. The summed E-state index contributed by atoms with van der Waals surface area (Å²) in [5, 5.41) is 9.10. The third-order valence-corrected chi connectivity index (χ3v) is 5.12. The van der Waals surface area contributed by atoms with Crippen LogP contribution in [0, 0.1) is 11.2 Å². The van der Waals surface area contributed by atoms with Gasteiger partial charge in [0, 0.05) is 23.9 Å². The molecule has 0 unspecified atom stereocenters. The maximum absolute atomic E-state index is 9.10. The molecule has 0 N–H and O–H groups in total. The molecule has 0 saturated carbocycles. The summed E-state index contributed by atoms with van der Waals surface area (Å²) in [6, 6.07) is 10.5. The van der Waals surface area contributed by atoms with Gasteiger partial charge < -0.3 is 0 Å². The second-order valence-corrected chi connectivity index (χ2v) is 6.19. The molecule has 1 aliphatic heterocycles. The molecule has 0 bridgehead atoms. The van der Waals surface area contributed by atoms with E-state index < -0.39 is 0 Å². The normalized spacial score (nSPS) is 17.0. The summed E-state index contributed by atoms with van der Waals surface area (Å²) in [6.45, 7) is 2.51. The van der Waals surface area contributed by atoms with Gasteiger partial charge in [-0.3, -0.25) is 0 Å². The van der Waals surface area contributed by atoms with Crippen LogP contribution in [0.15, 0.2) is 42.7 Å². The SMILES string of the molecule is CCC1(c2ccc(-c3ncccn3)cc2)CCB(C#N)CC1. The van der Waals surface area contributed by atoms with Gasteiger partial charge >= 0.3 is 0 Å². The number of aromatic nitrogens is 2. The highest BCUT2D eigenvalue weighted by atomic mass is 14.8. The smallest absolute Gasteiger partial charge is 0.237 e. The number of rotatable bonds is 3. The van der Waals surface area contributed by atoms with E-state index in [1.807, 2.05) is 6.07 Å². The van der Waals surface area contributed by atoms with Gasteiger partial charge in [0.2, 0.25) is 0 Å². The Balaban J connectivity index is 1.84. The Bertz CT molecular complexity index is 653. The van der Waals surface area contributed by atoms with Crippen molar-refractivity contribution in [2.45, 2.75) is 44.2 Å². The van der Waals surface area contributed by atoms with Crippen molar-refractivity contribution in [3.05, 3.63) is 48.3 Å². The van der Waals surface area contributed by atoms with Crippen molar-refractivity contribution in [1.29, 1.82) is 5.26 Å². The number of nitriles is 1. The fourth-order valence-electron chi connectivity index (χ4n) is 3.57. The Morgan fingerprint density at radius 3 is 2.32 bits per heavy atom. The van der Waals surface area contributed by atoms with Gasteiger partial charge in [0.05, 0.1) is 0 Å². The number of nitrogens with zero attached hydrogens (tertiary/aromatic N) is 3. The zero-order valence-electron chi connectivity index (χ0n) is 13.0. The molecule has 1 aromatic carbocycles. The van der Waals surface area contributed by atoms with Crippen LogP contribution in [-0.4, -0.2) is 16.7 Å². The molecule has 110 valence electrons. The lowest BCUT2D eigenvalue weighted by Gasteiger charge is -2.38. The molecule has 1 fully saturated rings. The quantitative estimate of drug-likeness (QED) is 0.798. The average Bonchev–Trinajstić information content (AvgIpc) is 2.63. The molecule has 2 heterocycles. The lowest BCUT2D eigenvalue weighted by Crippen LogP contribution is -2.33. The third kappa shape index (κ3) is 2.76. The van der Waals surface area contributed by atoms with Crippen molar-refractivity contribution >= 4 is 6.71 Å². The highest BCUT2D eigenvalue weighted by Gasteiger charge is 2.36. The Morgan fingerprint density at radius 2 is 1.77 bits per heavy atom. The molecule has 0 aliphatic carbocycles. The first-order chi connectivity index (χ1) is 10.8. The van der Waals surface area contributed by atoms with E-state index >= 15 is 0 Å². The van der Waals surface area contributed by atoms with E-state index in [1.165, 1.54) is 5.56 Å². The minimum atomic E-state index is 0.240. The molecule has 3 rings (SSSR count). The molecule has 0 spiro atoms. The third-order valence-electron chi connectivity index (χ3n) is 5.12. The van der Waals surface area contributed by atoms with Gasteiger partial charge in [-0.15, -0.1) is 0 Å². The summed E-state index contributed by atoms with van der Waals surface area (Å²) in [4.78, 5) is 8.61. The van der Waals surface area contributed by atoms with Crippen LogP contribution >= 0.6 is 0 Å². The fourth-order valence-corrected chi connectivity index (χ4v) is 3.57. The molecule has 4 heteroatoms. The molecular formula is C18H20BN3. The van der Waals surface area contributed by atoms with Crippen LogP contribution in [0.1, 0.15) is 31.7 Å². The maximum Gasteiger partial charge on any atom is 0.267 e. The zero-order chi connectivity index (χ0) is 15.4. The summed E-state index contributed by atoms with van der Waals surface area (Å²) in [5.74, 6) is 3.20. The van der Waals surface area contributed by atoms with Crippen molar-refractivity contribution in [2.75, 3.05) is 0 Å². The van der Waals surface area contributed by atoms with E-state index in [2.05, 4.69) is 47.1 Å². The summed E-state index contributed by atoms with van der Waals surface area (Å²) in [6.07, 6.45) is 8.94. The highest BCUT2D eigenvalue weighted by Crippen LogP contribution is 2.42. The summed E-state index contributed by atoms with van der Waals surface area (Å²) in [7, 11) is 0. The van der Waals surface area contributed by atoms with Gasteiger partial charge in [-0.1, -0.05) is 43.8 Å². The Kier molecular flexibility index (Phi) is 4.24. The van der Waals surface area contributed by atoms with E-state index in [9.17, 15) is 0 Å². The van der Waals surface area contributed by atoms with Crippen LogP contribution in [0.25, 0.3) is 11.4 Å². The van der Waals surface area contributed by atoms with Crippen LogP contribution < -0.4 is 0 Å². The Labute approximate surface area is 132 Å². The predicted octanol–water partition coefficient (Wildman–Crippen LogP) is 4.14. The van der Waals surface area contributed by atoms with Crippen LogP contribution in [0.5, 0.6) is 0 Å². The Hall–Kier alpha value is -2.15. The lowest BCUT2D eigenvalue weighted by atomic mass is 9.39. The van der Waals surface area contributed by atoms with Crippen molar-refractivity contribution in [3.8, 4) is 17.4 Å². The molecule has 22 heavy (non-hydrogen) atoms. The van der Waals surface area contributed by atoms with Crippen molar-refractivity contribution in [3.63, 3.8) is 0 Å². The number of hydrogen-bond acceptors (Lipinski definition) is 3. The van der Waals surface area contributed by atoms with E-state index in [-0.39, 0.29) is 12.1 Å². The molecule has 1 aromatic heterocycles. The number of hydrogen-bond donors (Lipinski definition) is 0. The molecule has 1 aliphatic rings. The standard InChI is InChI=1S/C18H20BN3/c1-2-18(8-10-19(14-20)11-9-18)16-6-4-15(5-7-16)17-21-12-3-13-22-17/h3-7,12-13H,2,8-11H2,1H3. The van der Waals surface area contributed by atoms with E-state index in [0.29, 0.717) is 0 Å². The summed E-state index contributed by atoms with van der Waals surface area (Å²) >= 11 is 0. The largest absolute Gasteiger partial charge is 0.267 e. The van der Waals surface area contributed by atoms with Crippen LogP contribution in [0.2, 0.25) is 12.6 Å². The minimum absolute atomic E-state index is 0.240. The summed E-state index contributed by atoms with van der Waals surface area (Å²) in [5.41, 5.74) is 2.69. The topological polar surface area (TPSA) is 49.6 Å². The van der Waals surface area contributed by atoms with E-state index in [1.54, 1.807) is 12.4 Å². The molecule has 0 atom stereocenters. The maximum atomic E-state index is 9.10. The van der Waals surface area contributed by atoms with Gasteiger partial charge in [-0.05, 0) is 36.3 Å². The van der Waals surface area contributed by atoms with Crippen LogP contribution in [-0.2, 0) is 5.41 Å².